The summed E-state index contributed by atoms with van der Waals surface area (Å²) < 4.78 is 27.5. The van der Waals surface area contributed by atoms with Crippen LogP contribution in [0.25, 0.3) is 0 Å². The van der Waals surface area contributed by atoms with E-state index < -0.39 is 17.6 Å². The van der Waals surface area contributed by atoms with Gasteiger partial charge in [-0.15, -0.1) is 0 Å². The molecule has 1 heterocycles. The predicted molar refractivity (Wildman–Crippen MR) is 67.5 cm³/mol. The third-order valence-electron chi connectivity index (χ3n) is 3.36. The molecule has 1 aliphatic heterocycles. The number of nitrogens with zero attached hydrogens (tertiary/aromatic N) is 1. The van der Waals surface area contributed by atoms with E-state index in [1.54, 1.807) is 0 Å². The zero-order valence-electron chi connectivity index (χ0n) is 10.6. The number of anilines is 1. The molecule has 4 nitrogen and oxygen atoms in total. The van der Waals surface area contributed by atoms with Crippen LogP contribution in [0.4, 0.5) is 14.5 Å². The Labute approximate surface area is 110 Å². The van der Waals surface area contributed by atoms with Gasteiger partial charge in [-0.05, 0) is 45.1 Å². The number of hydrogen-bond acceptors (Lipinski definition) is 3. The molecule has 0 bridgehead atoms. The van der Waals surface area contributed by atoms with Gasteiger partial charge in [-0.1, -0.05) is 0 Å². The number of hydrogen-bond donors (Lipinski definition) is 2. The highest BCUT2D eigenvalue weighted by atomic mass is 19.1. The average molecular weight is 270 g/mol. The molecule has 6 heteroatoms. The van der Waals surface area contributed by atoms with Crippen molar-refractivity contribution < 1.29 is 18.7 Å². The fourth-order valence-electron chi connectivity index (χ4n) is 2.19. The van der Waals surface area contributed by atoms with Gasteiger partial charge in [-0.3, -0.25) is 0 Å². The molecule has 0 radical (unpaired) electrons. The van der Waals surface area contributed by atoms with E-state index in [9.17, 15) is 13.6 Å². The van der Waals surface area contributed by atoms with E-state index in [1.807, 2.05) is 7.05 Å². The summed E-state index contributed by atoms with van der Waals surface area (Å²) >= 11 is 0. The molecule has 0 amide bonds. The Morgan fingerprint density at radius 2 is 1.84 bits per heavy atom. The Hall–Kier alpha value is -1.69. The van der Waals surface area contributed by atoms with E-state index in [4.69, 9.17) is 5.11 Å². The van der Waals surface area contributed by atoms with Gasteiger partial charge >= 0.3 is 5.97 Å². The van der Waals surface area contributed by atoms with Crippen molar-refractivity contribution in [2.75, 3.05) is 25.5 Å². The van der Waals surface area contributed by atoms with Crippen LogP contribution >= 0.6 is 0 Å². The van der Waals surface area contributed by atoms with E-state index >= 15 is 0 Å². The van der Waals surface area contributed by atoms with Crippen LogP contribution in [-0.4, -0.2) is 42.2 Å². The first kappa shape index (κ1) is 13.7. The summed E-state index contributed by atoms with van der Waals surface area (Å²) in [5, 5.41) is 11.6. The van der Waals surface area contributed by atoms with Gasteiger partial charge in [0.2, 0.25) is 0 Å². The van der Waals surface area contributed by atoms with Crippen molar-refractivity contribution in [3.05, 3.63) is 29.3 Å². The molecule has 0 atom stereocenters. The number of rotatable bonds is 3. The van der Waals surface area contributed by atoms with Gasteiger partial charge in [0.05, 0.1) is 5.56 Å². The molecule has 0 unspecified atom stereocenters. The molecule has 1 aromatic rings. The summed E-state index contributed by atoms with van der Waals surface area (Å²) in [5.74, 6) is -3.07. The third-order valence-corrected chi connectivity index (χ3v) is 3.36. The summed E-state index contributed by atoms with van der Waals surface area (Å²) in [6.07, 6.45) is 1.60. The van der Waals surface area contributed by atoms with Crippen LogP contribution in [0.3, 0.4) is 0 Å². The monoisotopic (exact) mass is 270 g/mol. The van der Waals surface area contributed by atoms with Gasteiger partial charge in [-0.2, -0.15) is 0 Å². The topological polar surface area (TPSA) is 52.6 Å². The molecule has 1 aromatic carbocycles. The largest absolute Gasteiger partial charge is 0.478 e. The third kappa shape index (κ3) is 3.20. The standard InChI is InChI=1S/C13H16F2N2O2/c1-17-4-2-9(3-5-17)16-12-10(14)6-8(13(18)19)7-11(12)15/h6-7,9,16H,2-5H2,1H3,(H,18,19). The predicted octanol–water partition coefficient (Wildman–Crippen LogP) is 2.17. The second kappa shape index (κ2) is 5.52. The fourth-order valence-corrected chi connectivity index (χ4v) is 2.19. The number of likely N-dealkylation sites (tertiary alicyclic amines) is 1. The molecule has 0 aromatic heterocycles. The number of benzene rings is 1. The Morgan fingerprint density at radius 3 is 2.32 bits per heavy atom. The van der Waals surface area contributed by atoms with Crippen LogP contribution in [-0.2, 0) is 0 Å². The number of halogens is 2. The van der Waals surface area contributed by atoms with E-state index in [1.165, 1.54) is 0 Å². The first-order valence-corrected chi connectivity index (χ1v) is 6.15. The minimum absolute atomic E-state index is 0.0101. The maximum Gasteiger partial charge on any atom is 0.335 e. The van der Waals surface area contributed by atoms with Crippen molar-refractivity contribution >= 4 is 11.7 Å². The second-order valence-corrected chi connectivity index (χ2v) is 4.84. The van der Waals surface area contributed by atoms with Gasteiger partial charge in [0.1, 0.15) is 17.3 Å². The molecule has 104 valence electrons. The van der Waals surface area contributed by atoms with Gasteiger partial charge in [0, 0.05) is 6.04 Å². The highest BCUT2D eigenvalue weighted by molar-refractivity contribution is 5.88. The van der Waals surface area contributed by atoms with Crippen molar-refractivity contribution in [2.45, 2.75) is 18.9 Å². The van der Waals surface area contributed by atoms with Crippen LogP contribution in [0.15, 0.2) is 12.1 Å². The lowest BCUT2D eigenvalue weighted by Gasteiger charge is -2.30. The maximum atomic E-state index is 13.7. The number of aromatic carboxylic acids is 1. The van der Waals surface area contributed by atoms with E-state index in [0.717, 1.165) is 38.1 Å². The fraction of sp³-hybridized carbons (Fsp3) is 0.462. The quantitative estimate of drug-likeness (QED) is 0.884. The lowest BCUT2D eigenvalue weighted by Crippen LogP contribution is -2.37. The molecule has 2 N–H and O–H groups in total. The zero-order chi connectivity index (χ0) is 14.0. The molecule has 1 fully saturated rings. The first-order chi connectivity index (χ1) is 8.97. The number of carbonyl (C=O) groups is 1. The summed E-state index contributed by atoms with van der Waals surface area (Å²) in [6.45, 7) is 1.74. The van der Waals surface area contributed by atoms with Gasteiger partial charge in [0.25, 0.3) is 0 Å². The summed E-state index contributed by atoms with van der Waals surface area (Å²) in [7, 11) is 2.00. The molecule has 0 saturated carbocycles. The van der Waals surface area contributed by atoms with E-state index in [2.05, 4.69) is 10.2 Å². The molecule has 1 saturated heterocycles. The van der Waals surface area contributed by atoms with Crippen LogP contribution in [0.2, 0.25) is 0 Å². The molecule has 0 aliphatic carbocycles. The number of carboxylic acids is 1. The Bertz CT molecular complexity index is 463. The van der Waals surface area contributed by atoms with Crippen molar-refractivity contribution in [1.29, 1.82) is 0 Å². The van der Waals surface area contributed by atoms with Crippen LogP contribution < -0.4 is 5.32 Å². The Kier molecular flexibility index (Phi) is 3.99. The highest BCUT2D eigenvalue weighted by Crippen LogP contribution is 2.24. The number of piperidine rings is 1. The minimum Gasteiger partial charge on any atom is -0.478 e. The second-order valence-electron chi connectivity index (χ2n) is 4.84. The lowest BCUT2D eigenvalue weighted by molar-refractivity contribution is 0.0696. The normalized spacial score (nSPS) is 17.4. The Balaban J connectivity index is 2.14. The highest BCUT2D eigenvalue weighted by Gasteiger charge is 2.20. The first-order valence-electron chi connectivity index (χ1n) is 6.15. The average Bonchev–Trinajstić information content (AvgIpc) is 2.35. The van der Waals surface area contributed by atoms with Gasteiger partial charge < -0.3 is 15.3 Å². The van der Waals surface area contributed by atoms with Crippen molar-refractivity contribution in [3.63, 3.8) is 0 Å². The summed E-state index contributed by atoms with van der Waals surface area (Å²) in [6, 6.07) is 1.68. The maximum absolute atomic E-state index is 13.7. The van der Waals surface area contributed by atoms with Crippen LogP contribution in [0.1, 0.15) is 23.2 Å². The number of carboxylic acid groups (broad SMARTS) is 1. The van der Waals surface area contributed by atoms with Crippen LogP contribution in [0.5, 0.6) is 0 Å². The smallest absolute Gasteiger partial charge is 0.335 e. The molecule has 19 heavy (non-hydrogen) atoms. The molecule has 1 aliphatic rings. The zero-order valence-corrected chi connectivity index (χ0v) is 10.6. The van der Waals surface area contributed by atoms with Gasteiger partial charge in [0.15, 0.2) is 0 Å². The number of nitrogens with one attached hydrogen (secondary N) is 1. The molecule has 0 spiro atoms. The van der Waals surface area contributed by atoms with Gasteiger partial charge in [-0.25, -0.2) is 13.6 Å². The van der Waals surface area contributed by atoms with Crippen LogP contribution in [0, 0.1) is 11.6 Å². The molecular formula is C13H16F2N2O2. The van der Waals surface area contributed by atoms with Crippen molar-refractivity contribution in [1.82, 2.24) is 4.90 Å². The SMILES string of the molecule is CN1CCC(Nc2c(F)cc(C(=O)O)cc2F)CC1. The summed E-state index contributed by atoms with van der Waals surface area (Å²) in [4.78, 5) is 12.8. The molecular weight excluding hydrogens is 254 g/mol. The van der Waals surface area contributed by atoms with Crippen molar-refractivity contribution in [3.8, 4) is 0 Å². The molecule has 2 rings (SSSR count). The Morgan fingerprint density at radius 1 is 1.32 bits per heavy atom. The van der Waals surface area contributed by atoms with E-state index in [0.29, 0.717) is 0 Å². The minimum atomic E-state index is -1.34. The lowest BCUT2D eigenvalue weighted by atomic mass is 10.0. The van der Waals surface area contributed by atoms with E-state index in [-0.39, 0.29) is 17.3 Å². The van der Waals surface area contributed by atoms with Crippen molar-refractivity contribution in [2.24, 2.45) is 0 Å². The summed E-state index contributed by atoms with van der Waals surface area (Å²) in [5.41, 5.74) is -0.622.